The number of aliphatic carboxylic acids is 1. The summed E-state index contributed by atoms with van der Waals surface area (Å²) in [6.45, 7) is 3.27. The van der Waals surface area contributed by atoms with Crippen LogP contribution in [-0.4, -0.2) is 12.1 Å². The average molecular weight is 301 g/mol. The quantitative estimate of drug-likeness (QED) is 0.803. The van der Waals surface area contributed by atoms with Crippen LogP contribution in [0.1, 0.15) is 36.5 Å². The van der Waals surface area contributed by atoms with Crippen molar-refractivity contribution in [3.05, 3.63) is 39.2 Å². The van der Waals surface area contributed by atoms with Gasteiger partial charge in [-0.2, -0.15) is 0 Å². The van der Waals surface area contributed by atoms with Crippen LogP contribution in [0.5, 0.6) is 5.75 Å². The molecule has 1 aromatic carbocycles. The summed E-state index contributed by atoms with van der Waals surface area (Å²) in [5.74, 6) is -0.838. The summed E-state index contributed by atoms with van der Waals surface area (Å²) in [5, 5.41) is 11.7. The molecule has 2 aromatic rings. The molecule has 0 N–H and O–H groups in total. The summed E-state index contributed by atoms with van der Waals surface area (Å²) in [6.07, 6.45) is 2.35. The lowest BCUT2D eigenvalue weighted by Gasteiger charge is -2.21. The van der Waals surface area contributed by atoms with Gasteiger partial charge in [-0.25, -0.2) is 4.79 Å². The van der Waals surface area contributed by atoms with Crippen LogP contribution in [-0.2, 0) is 17.6 Å². The van der Waals surface area contributed by atoms with Gasteiger partial charge in [0.2, 0.25) is 0 Å². The molecule has 0 fully saturated rings. The zero-order valence-electron chi connectivity index (χ0n) is 12.6. The van der Waals surface area contributed by atoms with Crippen LogP contribution >= 0.6 is 0 Å². The lowest BCUT2D eigenvalue weighted by Crippen LogP contribution is -2.37. The van der Waals surface area contributed by atoms with E-state index in [2.05, 4.69) is 0 Å². The lowest BCUT2D eigenvalue weighted by atomic mass is 9.90. The molecule has 1 aromatic heterocycles. The molecule has 0 radical (unpaired) electrons. The molecule has 5 heteroatoms. The van der Waals surface area contributed by atoms with Crippen molar-refractivity contribution in [2.75, 3.05) is 0 Å². The van der Waals surface area contributed by atoms with Gasteiger partial charge >= 0.3 is 5.63 Å². The van der Waals surface area contributed by atoms with Crippen molar-refractivity contribution in [3.63, 3.8) is 0 Å². The molecule has 3 rings (SSSR count). The van der Waals surface area contributed by atoms with Crippen LogP contribution in [0.4, 0.5) is 0 Å². The van der Waals surface area contributed by atoms with E-state index in [1.807, 2.05) is 6.92 Å². The zero-order valence-corrected chi connectivity index (χ0v) is 12.6. The number of benzene rings is 1. The summed E-state index contributed by atoms with van der Waals surface area (Å²) in [4.78, 5) is 23.1. The Bertz CT molecular complexity index is 803. The van der Waals surface area contributed by atoms with E-state index < -0.39 is 12.1 Å². The molecule has 0 bridgehead atoms. The van der Waals surface area contributed by atoms with Gasteiger partial charge in [-0.1, -0.05) is 0 Å². The number of carbonyl (C=O) groups excluding carboxylic acids is 1. The van der Waals surface area contributed by atoms with E-state index in [-0.39, 0.29) is 5.63 Å². The van der Waals surface area contributed by atoms with Crippen molar-refractivity contribution in [2.24, 2.45) is 0 Å². The Morgan fingerprint density at radius 1 is 1.27 bits per heavy atom. The molecule has 116 valence electrons. The van der Waals surface area contributed by atoms with Crippen molar-refractivity contribution in [1.82, 2.24) is 0 Å². The SMILES string of the molecule is Cc1cc(OC(C)C(=O)[O-])c2c3c(c(=O)oc2c1)CCCC3. The number of rotatable bonds is 3. The fourth-order valence-electron chi connectivity index (χ4n) is 3.00. The van der Waals surface area contributed by atoms with Crippen molar-refractivity contribution < 1.29 is 19.1 Å². The van der Waals surface area contributed by atoms with Gasteiger partial charge in [-0.3, -0.25) is 0 Å². The summed E-state index contributed by atoms with van der Waals surface area (Å²) in [7, 11) is 0. The highest BCUT2D eigenvalue weighted by Crippen LogP contribution is 2.34. The maximum atomic E-state index is 12.1. The van der Waals surface area contributed by atoms with E-state index >= 15 is 0 Å². The topological polar surface area (TPSA) is 79.6 Å². The Hall–Kier alpha value is -2.30. The second kappa shape index (κ2) is 5.48. The summed E-state index contributed by atoms with van der Waals surface area (Å²) >= 11 is 0. The maximum Gasteiger partial charge on any atom is 0.339 e. The van der Waals surface area contributed by atoms with E-state index in [0.29, 0.717) is 28.7 Å². The molecule has 0 saturated carbocycles. The number of carboxylic acids is 1. The number of aryl methyl sites for hydroxylation is 2. The van der Waals surface area contributed by atoms with Crippen LogP contribution < -0.4 is 15.5 Å². The second-order valence-electron chi connectivity index (χ2n) is 5.77. The van der Waals surface area contributed by atoms with E-state index in [4.69, 9.17) is 9.15 Å². The first kappa shape index (κ1) is 14.6. The average Bonchev–Trinajstić information content (AvgIpc) is 2.46. The Morgan fingerprint density at radius 2 is 1.95 bits per heavy atom. The van der Waals surface area contributed by atoms with Gasteiger partial charge in [0.05, 0.1) is 11.4 Å². The van der Waals surface area contributed by atoms with Gasteiger partial charge in [-0.05, 0) is 62.8 Å². The molecule has 0 amide bonds. The Kier molecular flexibility index (Phi) is 3.64. The van der Waals surface area contributed by atoms with E-state index in [9.17, 15) is 14.7 Å². The molecular weight excluding hydrogens is 284 g/mol. The highest BCUT2D eigenvalue weighted by Gasteiger charge is 2.21. The van der Waals surface area contributed by atoms with E-state index in [1.54, 1.807) is 12.1 Å². The highest BCUT2D eigenvalue weighted by molar-refractivity contribution is 5.89. The minimum atomic E-state index is -1.28. The number of ether oxygens (including phenoxy) is 1. The third kappa shape index (κ3) is 2.47. The standard InChI is InChI=1S/C17H18O5/c1-9-7-13(21-10(2)16(18)19)15-11-5-3-4-6-12(11)17(20)22-14(15)8-9/h7-8,10H,3-6H2,1-2H3,(H,18,19)/p-1. The number of hydrogen-bond acceptors (Lipinski definition) is 5. The molecule has 1 aliphatic rings. The number of carbonyl (C=O) groups is 1. The van der Waals surface area contributed by atoms with Crippen LogP contribution in [0.2, 0.25) is 0 Å². The summed E-state index contributed by atoms with van der Waals surface area (Å²) in [5.41, 5.74) is 2.61. The van der Waals surface area contributed by atoms with Gasteiger partial charge in [0.25, 0.3) is 0 Å². The fraction of sp³-hybridized carbons (Fsp3) is 0.412. The fourth-order valence-corrected chi connectivity index (χ4v) is 3.00. The van der Waals surface area contributed by atoms with Crippen molar-refractivity contribution in [1.29, 1.82) is 0 Å². The second-order valence-corrected chi connectivity index (χ2v) is 5.77. The van der Waals surface area contributed by atoms with Crippen molar-refractivity contribution in [3.8, 4) is 5.75 Å². The van der Waals surface area contributed by atoms with Gasteiger partial charge in [0.15, 0.2) is 0 Å². The smallest absolute Gasteiger partial charge is 0.339 e. The predicted octanol–water partition coefficient (Wildman–Crippen LogP) is 1.50. The van der Waals surface area contributed by atoms with Crippen molar-refractivity contribution >= 4 is 16.9 Å². The molecule has 1 heterocycles. The highest BCUT2D eigenvalue weighted by atomic mass is 16.5. The number of fused-ring (bicyclic) bond motifs is 3. The van der Waals surface area contributed by atoms with Gasteiger partial charge in [-0.15, -0.1) is 0 Å². The molecule has 1 unspecified atom stereocenters. The van der Waals surface area contributed by atoms with Crippen LogP contribution in [0, 0.1) is 6.92 Å². The molecule has 0 saturated heterocycles. The molecule has 1 atom stereocenters. The Balaban J connectivity index is 2.26. The third-order valence-electron chi connectivity index (χ3n) is 4.06. The van der Waals surface area contributed by atoms with Gasteiger partial charge < -0.3 is 19.1 Å². The summed E-state index contributed by atoms with van der Waals surface area (Å²) < 4.78 is 11.0. The maximum absolute atomic E-state index is 12.1. The minimum Gasteiger partial charge on any atom is -0.546 e. The predicted molar refractivity (Wildman–Crippen MR) is 79.0 cm³/mol. The first-order valence-electron chi connectivity index (χ1n) is 7.44. The van der Waals surface area contributed by atoms with Gasteiger partial charge in [0.1, 0.15) is 17.4 Å². The lowest BCUT2D eigenvalue weighted by molar-refractivity contribution is -0.312. The van der Waals surface area contributed by atoms with Gasteiger partial charge in [0, 0.05) is 5.56 Å². The minimum absolute atomic E-state index is 0.299. The Labute approximate surface area is 127 Å². The van der Waals surface area contributed by atoms with E-state index in [1.165, 1.54) is 6.92 Å². The van der Waals surface area contributed by atoms with Crippen LogP contribution in [0.3, 0.4) is 0 Å². The normalized spacial score (nSPS) is 15.4. The Morgan fingerprint density at radius 3 is 2.64 bits per heavy atom. The number of carboxylic acid groups (broad SMARTS) is 1. The zero-order chi connectivity index (χ0) is 15.9. The first-order valence-corrected chi connectivity index (χ1v) is 7.44. The summed E-state index contributed by atoms with van der Waals surface area (Å²) in [6, 6.07) is 3.55. The van der Waals surface area contributed by atoms with Crippen LogP contribution in [0.15, 0.2) is 21.3 Å². The largest absolute Gasteiger partial charge is 0.546 e. The van der Waals surface area contributed by atoms with E-state index in [0.717, 1.165) is 30.4 Å². The molecule has 22 heavy (non-hydrogen) atoms. The van der Waals surface area contributed by atoms with Crippen LogP contribution in [0.25, 0.3) is 11.0 Å². The monoisotopic (exact) mass is 301 g/mol. The first-order chi connectivity index (χ1) is 10.5. The molecule has 0 aliphatic heterocycles. The van der Waals surface area contributed by atoms with Crippen molar-refractivity contribution in [2.45, 2.75) is 45.6 Å². The third-order valence-corrected chi connectivity index (χ3v) is 4.06. The molecule has 0 spiro atoms. The number of hydrogen-bond donors (Lipinski definition) is 0. The molecule has 1 aliphatic carbocycles. The molecule has 5 nitrogen and oxygen atoms in total. The molecular formula is C17H17O5-.